The molecule has 7 nitrogen and oxygen atoms in total. The minimum Gasteiger partial charge on any atom is -0.495 e. The highest BCUT2D eigenvalue weighted by molar-refractivity contribution is 5.96. The monoisotopic (exact) mass is 532 g/mol. The zero-order chi connectivity index (χ0) is 27.4. The number of carboxylic acid groups (broad SMARTS) is 1. The lowest BCUT2D eigenvalue weighted by molar-refractivity contribution is -0.140. The summed E-state index contributed by atoms with van der Waals surface area (Å²) in [5, 5.41) is 16.0. The number of rotatable bonds is 7. The summed E-state index contributed by atoms with van der Waals surface area (Å²) in [7, 11) is 3.24. The number of ether oxygens (including phenoxy) is 1. The molecule has 3 aromatic rings. The van der Waals surface area contributed by atoms with Crippen LogP contribution in [-0.4, -0.2) is 72.7 Å². The van der Waals surface area contributed by atoms with Crippen molar-refractivity contribution in [1.29, 1.82) is 0 Å². The van der Waals surface area contributed by atoms with Gasteiger partial charge < -0.3 is 29.9 Å². The quantitative estimate of drug-likeness (QED) is 0.299. The maximum Gasteiger partial charge on any atom is 0.406 e. The van der Waals surface area contributed by atoms with Crippen LogP contribution in [-0.2, 0) is 6.54 Å². The van der Waals surface area contributed by atoms with Gasteiger partial charge >= 0.3 is 12.1 Å². The molecular weight excluding hydrogens is 504 g/mol. The maximum absolute atomic E-state index is 14.6. The number of hydrogen-bond donors (Lipinski definition) is 3. The topological polar surface area (TPSA) is 78.8 Å². The van der Waals surface area contributed by atoms with E-state index in [1.807, 2.05) is 11.9 Å². The van der Waals surface area contributed by atoms with Gasteiger partial charge in [-0.2, -0.15) is 13.2 Å². The molecule has 0 unspecified atom stereocenters. The first-order chi connectivity index (χ1) is 18.1. The molecule has 1 saturated heterocycles. The fourth-order valence-electron chi connectivity index (χ4n) is 4.61. The number of nitrogens with one attached hydrogen (secondary N) is 2. The van der Waals surface area contributed by atoms with Gasteiger partial charge in [0.15, 0.2) is 0 Å². The van der Waals surface area contributed by atoms with E-state index in [2.05, 4.69) is 22.5 Å². The highest BCUT2D eigenvalue weighted by atomic mass is 19.4. The minimum atomic E-state index is -4.49. The first-order valence-electron chi connectivity index (χ1n) is 12.0. The van der Waals surface area contributed by atoms with Crippen LogP contribution in [0.1, 0.15) is 22.5 Å². The van der Waals surface area contributed by atoms with Gasteiger partial charge in [0.1, 0.15) is 18.5 Å². The van der Waals surface area contributed by atoms with Gasteiger partial charge in [-0.15, -0.1) is 0 Å². The third-order valence-electron chi connectivity index (χ3n) is 6.42. The second-order valence-electron chi connectivity index (χ2n) is 9.13. The van der Waals surface area contributed by atoms with Crippen LogP contribution in [0.25, 0.3) is 10.9 Å². The molecule has 0 radical (unpaired) electrons. The Morgan fingerprint density at radius 2 is 2.00 bits per heavy atom. The Morgan fingerprint density at radius 1 is 1.24 bits per heavy atom. The lowest BCUT2D eigenvalue weighted by Crippen LogP contribution is -2.46. The zero-order valence-corrected chi connectivity index (χ0v) is 20.9. The largest absolute Gasteiger partial charge is 0.495 e. The first kappa shape index (κ1) is 27.1. The van der Waals surface area contributed by atoms with E-state index in [9.17, 15) is 27.5 Å². The summed E-state index contributed by atoms with van der Waals surface area (Å²) in [4.78, 5) is 13.5. The SMILES string of the molecule is COc1cccc(C(=O)O)c1NCC#Cc1cc2c(N[C@@H]3CCN(C)C[C@@H]3F)cccc2n1CC(F)(F)F. The third-order valence-corrected chi connectivity index (χ3v) is 6.42. The number of likely N-dealkylation sites (tertiary alicyclic amines) is 1. The van der Waals surface area contributed by atoms with E-state index >= 15 is 0 Å². The second kappa shape index (κ2) is 11.2. The number of methoxy groups -OCH3 is 1. The van der Waals surface area contributed by atoms with E-state index in [-0.39, 0.29) is 30.0 Å². The molecule has 1 aromatic heterocycles. The van der Waals surface area contributed by atoms with Crippen LogP contribution in [0.4, 0.5) is 28.9 Å². The van der Waals surface area contributed by atoms with Crippen LogP contribution in [0.15, 0.2) is 42.5 Å². The first-order valence-corrected chi connectivity index (χ1v) is 12.0. The Morgan fingerprint density at radius 3 is 2.68 bits per heavy atom. The van der Waals surface area contributed by atoms with Crippen molar-refractivity contribution in [2.45, 2.75) is 31.4 Å². The number of halogens is 4. The number of para-hydroxylation sites is 1. The van der Waals surface area contributed by atoms with Crippen molar-refractivity contribution < 1.29 is 32.2 Å². The summed E-state index contributed by atoms with van der Waals surface area (Å²) in [6, 6.07) is 10.6. The number of aromatic nitrogens is 1. The van der Waals surface area contributed by atoms with E-state index in [1.54, 1.807) is 30.3 Å². The lowest BCUT2D eigenvalue weighted by Gasteiger charge is -2.33. The predicted molar refractivity (Wildman–Crippen MR) is 138 cm³/mol. The fourth-order valence-corrected chi connectivity index (χ4v) is 4.61. The van der Waals surface area contributed by atoms with Crippen LogP contribution in [0.3, 0.4) is 0 Å². The summed E-state index contributed by atoms with van der Waals surface area (Å²) in [5.41, 5.74) is 1.20. The lowest BCUT2D eigenvalue weighted by atomic mass is 10.0. The Labute approximate surface area is 217 Å². The van der Waals surface area contributed by atoms with Crippen LogP contribution in [0.5, 0.6) is 5.75 Å². The van der Waals surface area contributed by atoms with Crippen LogP contribution in [0, 0.1) is 11.8 Å². The van der Waals surface area contributed by atoms with Gasteiger partial charge in [-0.05, 0) is 49.7 Å². The fraction of sp³-hybridized carbons (Fsp3) is 0.370. The van der Waals surface area contributed by atoms with Gasteiger partial charge in [0.05, 0.1) is 42.2 Å². The molecule has 2 heterocycles. The van der Waals surface area contributed by atoms with Gasteiger partial charge in [0.2, 0.25) is 0 Å². The Kier molecular flexibility index (Phi) is 8.02. The number of carboxylic acids is 1. The highest BCUT2D eigenvalue weighted by Crippen LogP contribution is 2.32. The van der Waals surface area contributed by atoms with Crippen molar-refractivity contribution in [1.82, 2.24) is 9.47 Å². The molecule has 202 valence electrons. The highest BCUT2D eigenvalue weighted by Gasteiger charge is 2.31. The summed E-state index contributed by atoms with van der Waals surface area (Å²) in [6.07, 6.45) is -5.04. The Balaban J connectivity index is 1.64. The Hall–Kier alpha value is -3.91. The van der Waals surface area contributed by atoms with Gasteiger partial charge in [-0.1, -0.05) is 18.1 Å². The number of alkyl halides is 4. The molecule has 0 amide bonds. The standard InChI is InChI=1S/C27H28F4N4O3/c1-34-13-11-22(20(28)15-34)33-21-8-4-9-23-19(21)14-17(35(23)16-27(29,30)31)6-5-12-32-25-18(26(36)37)7-3-10-24(25)38-2/h3-4,7-10,14,20,22,32-33H,11-13,15-16H2,1-2H3,(H,36,37)/t20-,22+/m0/s1. The molecule has 38 heavy (non-hydrogen) atoms. The molecule has 1 fully saturated rings. The van der Waals surface area contributed by atoms with Gasteiger partial charge in [-0.3, -0.25) is 0 Å². The van der Waals surface area contributed by atoms with Crippen LogP contribution in [0.2, 0.25) is 0 Å². The molecule has 2 atom stereocenters. The third kappa shape index (κ3) is 6.14. The van der Waals surface area contributed by atoms with Crippen molar-refractivity contribution in [3.63, 3.8) is 0 Å². The smallest absolute Gasteiger partial charge is 0.406 e. The molecule has 0 aliphatic carbocycles. The summed E-state index contributed by atoms with van der Waals surface area (Å²) < 4.78 is 61.4. The molecule has 0 bridgehead atoms. The number of nitrogens with zero attached hydrogens (tertiary/aromatic N) is 2. The van der Waals surface area contributed by atoms with Crippen molar-refractivity contribution in [3.8, 4) is 17.6 Å². The van der Waals surface area contributed by atoms with E-state index < -0.39 is 30.9 Å². The van der Waals surface area contributed by atoms with Crippen molar-refractivity contribution in [2.75, 3.05) is 44.4 Å². The number of hydrogen-bond acceptors (Lipinski definition) is 5. The van der Waals surface area contributed by atoms with Crippen molar-refractivity contribution in [3.05, 3.63) is 53.7 Å². The Bertz CT molecular complexity index is 1380. The van der Waals surface area contributed by atoms with Gasteiger partial charge in [-0.25, -0.2) is 9.18 Å². The number of piperidine rings is 1. The van der Waals surface area contributed by atoms with Gasteiger partial charge in [0, 0.05) is 24.2 Å². The van der Waals surface area contributed by atoms with E-state index in [0.717, 1.165) is 4.57 Å². The van der Waals surface area contributed by atoms with Crippen molar-refractivity contribution in [2.24, 2.45) is 0 Å². The molecule has 0 saturated carbocycles. The molecule has 1 aliphatic rings. The van der Waals surface area contributed by atoms with Crippen LogP contribution < -0.4 is 15.4 Å². The number of fused-ring (bicyclic) bond motifs is 1. The molecule has 1 aliphatic heterocycles. The summed E-state index contributed by atoms with van der Waals surface area (Å²) in [5.74, 6) is 4.70. The molecule has 4 rings (SSSR count). The molecule has 0 spiro atoms. The average molecular weight is 533 g/mol. The molecule has 3 N–H and O–H groups in total. The number of carbonyl (C=O) groups is 1. The number of aromatic carboxylic acids is 1. The number of anilines is 2. The molecule has 2 aromatic carbocycles. The zero-order valence-electron chi connectivity index (χ0n) is 20.9. The van der Waals surface area contributed by atoms with E-state index in [0.29, 0.717) is 35.3 Å². The molecular formula is C27H28F4N4O3. The molecule has 11 heteroatoms. The second-order valence-corrected chi connectivity index (χ2v) is 9.13. The van der Waals surface area contributed by atoms with E-state index in [1.165, 1.54) is 19.2 Å². The average Bonchev–Trinajstić information content (AvgIpc) is 3.20. The van der Waals surface area contributed by atoms with Gasteiger partial charge in [0.25, 0.3) is 0 Å². The predicted octanol–water partition coefficient (Wildman–Crippen LogP) is 4.83. The maximum atomic E-state index is 14.6. The normalized spacial score (nSPS) is 18.1. The van der Waals surface area contributed by atoms with Crippen LogP contribution >= 0.6 is 0 Å². The number of benzene rings is 2. The summed E-state index contributed by atoms with van der Waals surface area (Å²) in [6.45, 7) is -0.295. The summed E-state index contributed by atoms with van der Waals surface area (Å²) >= 11 is 0. The minimum absolute atomic E-state index is 0.0203. The van der Waals surface area contributed by atoms with Crippen molar-refractivity contribution >= 4 is 28.2 Å². The van der Waals surface area contributed by atoms with E-state index in [4.69, 9.17) is 4.74 Å².